The third kappa shape index (κ3) is 2.81. The summed E-state index contributed by atoms with van der Waals surface area (Å²) in [6.07, 6.45) is 5.05. The molecule has 1 unspecified atom stereocenters. The molecule has 108 valence electrons. The van der Waals surface area contributed by atoms with Gasteiger partial charge in [-0.2, -0.15) is 0 Å². The van der Waals surface area contributed by atoms with Gasteiger partial charge in [-0.3, -0.25) is 0 Å². The van der Waals surface area contributed by atoms with Crippen LogP contribution in [0, 0.1) is 12.8 Å². The van der Waals surface area contributed by atoms with Crippen LogP contribution in [0.15, 0.2) is 12.3 Å². The number of ether oxygens (including phenoxy) is 1. The molecule has 1 fully saturated rings. The first-order valence-electron chi connectivity index (χ1n) is 7.23. The Morgan fingerprint density at radius 3 is 3.15 bits per heavy atom. The molecule has 1 saturated heterocycles. The van der Waals surface area contributed by atoms with Crippen LogP contribution in [0.5, 0.6) is 0 Å². The second-order valence-electron chi connectivity index (χ2n) is 5.52. The summed E-state index contributed by atoms with van der Waals surface area (Å²) in [4.78, 5) is 9.27. The third-order valence-electron chi connectivity index (χ3n) is 3.81. The van der Waals surface area contributed by atoms with Crippen LogP contribution in [0.1, 0.15) is 24.2 Å². The fourth-order valence-electron chi connectivity index (χ4n) is 2.84. The average molecular weight is 294 g/mol. The van der Waals surface area contributed by atoms with Gasteiger partial charge in [0.1, 0.15) is 11.3 Å². The van der Waals surface area contributed by atoms with Crippen molar-refractivity contribution in [2.24, 2.45) is 5.92 Å². The number of halogens is 1. The predicted molar refractivity (Wildman–Crippen MR) is 80.2 cm³/mol. The largest absolute Gasteiger partial charge is 0.381 e. The van der Waals surface area contributed by atoms with Crippen LogP contribution in [0.4, 0.5) is 0 Å². The predicted octanol–water partition coefficient (Wildman–Crippen LogP) is 2.95. The number of pyridine rings is 1. The van der Waals surface area contributed by atoms with Crippen molar-refractivity contribution in [1.29, 1.82) is 0 Å². The number of fused-ring (bicyclic) bond motifs is 1. The summed E-state index contributed by atoms with van der Waals surface area (Å²) in [5, 5.41) is 0. The third-order valence-corrected chi connectivity index (χ3v) is 4.00. The number of imidazole rings is 1. The van der Waals surface area contributed by atoms with E-state index in [0.717, 1.165) is 55.2 Å². The maximum atomic E-state index is 5.91. The molecule has 1 aliphatic heterocycles. The SMILES string of the molecule is Cc1cnc2c(c1)nc(CCCl)n2CC1CCCOC1. The Morgan fingerprint density at radius 2 is 2.40 bits per heavy atom. The summed E-state index contributed by atoms with van der Waals surface area (Å²) in [6, 6.07) is 2.09. The second kappa shape index (κ2) is 6.10. The first-order valence-corrected chi connectivity index (χ1v) is 7.77. The van der Waals surface area contributed by atoms with Crippen molar-refractivity contribution >= 4 is 22.8 Å². The molecule has 3 rings (SSSR count). The Hall–Kier alpha value is -1.13. The summed E-state index contributed by atoms with van der Waals surface area (Å²) in [6.45, 7) is 4.71. The van der Waals surface area contributed by atoms with Crippen LogP contribution in [0.2, 0.25) is 0 Å². The van der Waals surface area contributed by atoms with E-state index in [1.165, 1.54) is 6.42 Å². The highest BCUT2D eigenvalue weighted by molar-refractivity contribution is 6.17. The molecular weight excluding hydrogens is 274 g/mol. The number of aromatic nitrogens is 3. The van der Waals surface area contributed by atoms with Crippen LogP contribution in [-0.2, 0) is 17.7 Å². The Balaban J connectivity index is 1.95. The monoisotopic (exact) mass is 293 g/mol. The number of hydrogen-bond acceptors (Lipinski definition) is 3. The van der Waals surface area contributed by atoms with Gasteiger partial charge in [0.2, 0.25) is 0 Å². The zero-order valence-corrected chi connectivity index (χ0v) is 12.6. The molecule has 1 atom stereocenters. The summed E-state index contributed by atoms with van der Waals surface area (Å²) >= 11 is 5.91. The quantitative estimate of drug-likeness (QED) is 0.814. The van der Waals surface area contributed by atoms with E-state index in [2.05, 4.69) is 15.6 Å². The van der Waals surface area contributed by atoms with E-state index >= 15 is 0 Å². The Bertz CT molecular complexity index is 590. The van der Waals surface area contributed by atoms with Gasteiger partial charge in [-0.25, -0.2) is 9.97 Å². The van der Waals surface area contributed by atoms with Gasteiger partial charge in [-0.1, -0.05) is 0 Å². The average Bonchev–Trinajstić information content (AvgIpc) is 2.77. The van der Waals surface area contributed by atoms with Crippen LogP contribution < -0.4 is 0 Å². The lowest BCUT2D eigenvalue weighted by atomic mass is 10.0. The van der Waals surface area contributed by atoms with Crippen molar-refractivity contribution in [3.63, 3.8) is 0 Å². The van der Waals surface area contributed by atoms with Crippen molar-refractivity contribution in [2.75, 3.05) is 19.1 Å². The van der Waals surface area contributed by atoms with Crippen LogP contribution in [0.3, 0.4) is 0 Å². The van der Waals surface area contributed by atoms with Crippen molar-refractivity contribution in [3.05, 3.63) is 23.7 Å². The first kappa shape index (κ1) is 13.8. The molecule has 4 nitrogen and oxygen atoms in total. The molecule has 2 aromatic rings. The van der Waals surface area contributed by atoms with Crippen LogP contribution >= 0.6 is 11.6 Å². The van der Waals surface area contributed by atoms with Crippen LogP contribution in [0.25, 0.3) is 11.2 Å². The van der Waals surface area contributed by atoms with Gasteiger partial charge in [0.15, 0.2) is 5.65 Å². The minimum Gasteiger partial charge on any atom is -0.381 e. The lowest BCUT2D eigenvalue weighted by Crippen LogP contribution is -2.23. The van der Waals surface area contributed by atoms with E-state index < -0.39 is 0 Å². The van der Waals surface area contributed by atoms with Gasteiger partial charge >= 0.3 is 0 Å². The van der Waals surface area contributed by atoms with Crippen LogP contribution in [-0.4, -0.2) is 33.6 Å². The lowest BCUT2D eigenvalue weighted by molar-refractivity contribution is 0.0484. The second-order valence-corrected chi connectivity index (χ2v) is 5.89. The Morgan fingerprint density at radius 1 is 1.50 bits per heavy atom. The molecule has 0 aromatic carbocycles. The maximum Gasteiger partial charge on any atom is 0.160 e. The van der Waals surface area contributed by atoms with Crippen molar-refractivity contribution in [2.45, 2.75) is 32.7 Å². The summed E-state index contributed by atoms with van der Waals surface area (Å²) in [5.74, 6) is 2.18. The molecule has 1 aliphatic rings. The minimum absolute atomic E-state index is 0.554. The molecular formula is C15H20ClN3O. The minimum atomic E-state index is 0.554. The van der Waals surface area contributed by atoms with Crippen molar-refractivity contribution < 1.29 is 4.74 Å². The summed E-state index contributed by atoms with van der Waals surface area (Å²) < 4.78 is 7.81. The van der Waals surface area contributed by atoms with Gasteiger partial charge in [-0.05, 0) is 31.4 Å². The van der Waals surface area contributed by atoms with Crippen molar-refractivity contribution in [1.82, 2.24) is 14.5 Å². The number of nitrogens with zero attached hydrogens (tertiary/aromatic N) is 3. The van der Waals surface area contributed by atoms with E-state index in [1.807, 2.05) is 13.1 Å². The number of aryl methyl sites for hydroxylation is 2. The lowest BCUT2D eigenvalue weighted by Gasteiger charge is -2.23. The highest BCUT2D eigenvalue weighted by Gasteiger charge is 2.19. The van der Waals surface area contributed by atoms with Gasteiger partial charge < -0.3 is 9.30 Å². The number of hydrogen-bond donors (Lipinski definition) is 0. The van der Waals surface area contributed by atoms with E-state index in [-0.39, 0.29) is 0 Å². The fourth-order valence-corrected chi connectivity index (χ4v) is 3.00. The molecule has 0 bridgehead atoms. The molecule has 2 aromatic heterocycles. The molecule has 5 heteroatoms. The summed E-state index contributed by atoms with van der Waals surface area (Å²) in [5.41, 5.74) is 3.09. The standard InChI is InChI=1S/C15H20ClN3O/c1-11-7-13-15(17-8-11)19(14(18-13)4-5-16)9-12-3-2-6-20-10-12/h7-8,12H,2-6,9-10H2,1H3. The molecule has 0 spiro atoms. The van der Waals surface area contributed by atoms with Gasteiger partial charge in [0, 0.05) is 37.6 Å². The van der Waals surface area contributed by atoms with E-state index in [1.54, 1.807) is 0 Å². The molecule has 0 N–H and O–H groups in total. The molecule has 20 heavy (non-hydrogen) atoms. The van der Waals surface area contributed by atoms with Gasteiger partial charge in [0.25, 0.3) is 0 Å². The topological polar surface area (TPSA) is 39.9 Å². The number of rotatable bonds is 4. The number of alkyl halides is 1. The zero-order valence-electron chi connectivity index (χ0n) is 11.8. The zero-order chi connectivity index (χ0) is 13.9. The molecule has 0 radical (unpaired) electrons. The molecule has 3 heterocycles. The Kier molecular flexibility index (Phi) is 4.22. The van der Waals surface area contributed by atoms with E-state index in [0.29, 0.717) is 11.8 Å². The van der Waals surface area contributed by atoms with Gasteiger partial charge in [-0.15, -0.1) is 11.6 Å². The van der Waals surface area contributed by atoms with E-state index in [9.17, 15) is 0 Å². The van der Waals surface area contributed by atoms with Crippen molar-refractivity contribution in [3.8, 4) is 0 Å². The maximum absolute atomic E-state index is 5.91. The van der Waals surface area contributed by atoms with Gasteiger partial charge in [0.05, 0.1) is 6.61 Å². The highest BCUT2D eigenvalue weighted by atomic mass is 35.5. The smallest absolute Gasteiger partial charge is 0.160 e. The van der Waals surface area contributed by atoms with E-state index in [4.69, 9.17) is 21.3 Å². The highest BCUT2D eigenvalue weighted by Crippen LogP contribution is 2.21. The fraction of sp³-hybridized carbons (Fsp3) is 0.600. The Labute approximate surface area is 124 Å². The molecule has 0 aliphatic carbocycles. The molecule has 0 saturated carbocycles. The molecule has 0 amide bonds. The first-order chi connectivity index (χ1) is 9.78. The normalized spacial score (nSPS) is 19.6. The summed E-state index contributed by atoms with van der Waals surface area (Å²) in [7, 11) is 0.